The van der Waals surface area contributed by atoms with Crippen molar-refractivity contribution < 1.29 is 43.0 Å². The number of aromatic nitrogens is 1. The smallest absolute Gasteiger partial charge is 0.329 e. The zero-order chi connectivity index (χ0) is 41.8. The van der Waals surface area contributed by atoms with Gasteiger partial charge in [-0.25, -0.2) is 14.1 Å². The van der Waals surface area contributed by atoms with Crippen LogP contribution in [0.15, 0.2) is 42.5 Å². The van der Waals surface area contributed by atoms with Crippen LogP contribution in [0.1, 0.15) is 71.5 Å². The number of nitrogens with one attached hydrogen (secondary N) is 5. The number of benzene rings is 2. The summed E-state index contributed by atoms with van der Waals surface area (Å²) in [5.74, 6) is -3.53. The number of aliphatic carboxylic acids is 1. The highest BCUT2D eigenvalue weighted by Gasteiger charge is 2.39. The first-order valence-corrected chi connectivity index (χ1v) is 18.7. The number of fused-ring (bicyclic) bond motifs is 1. The molecule has 2 atom stereocenters. The van der Waals surface area contributed by atoms with Crippen LogP contribution in [-0.4, -0.2) is 103 Å². The monoisotopic (exact) mass is 790 g/mol. The highest BCUT2D eigenvalue weighted by atomic mass is 19.1. The summed E-state index contributed by atoms with van der Waals surface area (Å²) in [5.41, 5.74) is 8.62. The van der Waals surface area contributed by atoms with Crippen molar-refractivity contribution in [3.05, 3.63) is 81.9 Å². The number of halogens is 1. The van der Waals surface area contributed by atoms with E-state index in [1.54, 1.807) is 38.1 Å². The van der Waals surface area contributed by atoms with Gasteiger partial charge in [-0.05, 0) is 87.3 Å². The number of urea groups is 1. The highest BCUT2D eigenvalue weighted by molar-refractivity contribution is 6.42. The molecule has 6 amide bonds. The van der Waals surface area contributed by atoms with Gasteiger partial charge in [0.25, 0.3) is 11.8 Å². The van der Waals surface area contributed by atoms with E-state index < -0.39 is 47.6 Å². The van der Waals surface area contributed by atoms with E-state index in [2.05, 4.69) is 31.2 Å². The van der Waals surface area contributed by atoms with Crippen LogP contribution in [0.4, 0.5) is 14.9 Å². The Morgan fingerprint density at radius 3 is 2.33 bits per heavy atom. The molecule has 0 saturated heterocycles. The zero-order valence-electron chi connectivity index (χ0n) is 32.8. The van der Waals surface area contributed by atoms with Crippen molar-refractivity contribution in [2.24, 2.45) is 5.73 Å². The number of hydrogen-bond donors (Lipinski definition) is 7. The first-order valence-electron chi connectivity index (χ1n) is 18.7. The Kier molecular flexibility index (Phi) is 15.5. The van der Waals surface area contributed by atoms with Crippen LogP contribution >= 0.6 is 0 Å². The third kappa shape index (κ3) is 11.3. The standard InChI is InChI=1S/C40H51FN8O8/c1-6-48(7-2)19-18-44-38(54)35-23(3)32(46-24(35)4)21-29-28-20-26(41)10-14-33(28)49(39(29)55)40(56)47-31(16-17-43-36(52)30(42)13-15-34(50)51)37(53)45-22-25-8-11-27(57-5)12-9-25/h8-12,14,20-21,30-31,46H,6-7,13,15-19,22,42H2,1-5H3,(H,43,52)(H,44,54)(H,45,53)(H,47,56)(H,50,51)/b29-21-/t30-,31-/m0/s1. The predicted molar refractivity (Wildman–Crippen MR) is 212 cm³/mol. The number of aromatic amines is 1. The number of nitrogens with zero attached hydrogens (tertiary/aromatic N) is 2. The van der Waals surface area contributed by atoms with Gasteiger partial charge in [-0.1, -0.05) is 26.0 Å². The van der Waals surface area contributed by atoms with Gasteiger partial charge in [-0.3, -0.25) is 24.0 Å². The number of imide groups is 1. The molecule has 0 radical (unpaired) electrons. The summed E-state index contributed by atoms with van der Waals surface area (Å²) in [7, 11) is 1.52. The van der Waals surface area contributed by atoms with E-state index >= 15 is 0 Å². The molecule has 3 aromatic rings. The normalized spacial score (nSPS) is 13.9. The molecule has 0 saturated carbocycles. The van der Waals surface area contributed by atoms with Gasteiger partial charge in [-0.15, -0.1) is 0 Å². The van der Waals surface area contributed by atoms with Crippen LogP contribution in [0.2, 0.25) is 0 Å². The Labute approximate surface area is 330 Å². The fourth-order valence-electron chi connectivity index (χ4n) is 6.38. The SMILES string of the molecule is CCN(CC)CCNC(=O)c1c(C)[nH]c(/C=C2\C(=O)N(C(=O)N[C@@H](CCNC(=O)[C@@H](N)CCC(=O)O)C(=O)NCc3ccc(OC)cc3)c3ccc(F)cc32)c1C. The second kappa shape index (κ2) is 20.2. The van der Waals surface area contributed by atoms with Crippen LogP contribution in [0.5, 0.6) is 5.75 Å². The molecule has 57 heavy (non-hydrogen) atoms. The Bertz CT molecular complexity index is 1990. The number of likely N-dealkylation sites (N-methyl/N-ethyl adjacent to an activating group) is 1. The molecule has 0 fully saturated rings. The van der Waals surface area contributed by atoms with Gasteiger partial charge in [0.2, 0.25) is 11.8 Å². The van der Waals surface area contributed by atoms with Crippen molar-refractivity contribution in [3.63, 3.8) is 0 Å². The van der Waals surface area contributed by atoms with E-state index in [9.17, 15) is 33.2 Å². The maximum atomic E-state index is 14.7. The van der Waals surface area contributed by atoms with E-state index in [1.807, 2.05) is 13.8 Å². The van der Waals surface area contributed by atoms with Crippen molar-refractivity contribution in [2.75, 3.05) is 44.7 Å². The van der Waals surface area contributed by atoms with E-state index in [0.717, 1.165) is 35.7 Å². The number of hydrogen-bond acceptors (Lipinski definition) is 9. The summed E-state index contributed by atoms with van der Waals surface area (Å²) in [4.78, 5) is 84.4. The number of ether oxygens (including phenoxy) is 1. The van der Waals surface area contributed by atoms with Crippen molar-refractivity contribution in [3.8, 4) is 5.75 Å². The molecule has 1 aliphatic heterocycles. The summed E-state index contributed by atoms with van der Waals surface area (Å²) >= 11 is 0. The highest BCUT2D eigenvalue weighted by Crippen LogP contribution is 2.39. The number of carboxylic acid groups (broad SMARTS) is 1. The minimum absolute atomic E-state index is 0.0272. The van der Waals surface area contributed by atoms with Gasteiger partial charge >= 0.3 is 12.0 Å². The maximum Gasteiger partial charge on any atom is 0.329 e. The maximum absolute atomic E-state index is 14.7. The fraction of sp³-hybridized carbons (Fsp3) is 0.400. The van der Waals surface area contributed by atoms with Crippen molar-refractivity contribution in [1.82, 2.24) is 31.2 Å². The Hall–Kier alpha value is -6.07. The van der Waals surface area contributed by atoms with Gasteiger partial charge in [-0.2, -0.15) is 0 Å². The van der Waals surface area contributed by atoms with E-state index in [0.29, 0.717) is 41.4 Å². The molecule has 0 spiro atoms. The summed E-state index contributed by atoms with van der Waals surface area (Å²) in [6.07, 6.45) is 0.900. The van der Waals surface area contributed by atoms with E-state index in [1.165, 1.54) is 19.3 Å². The molecular weight excluding hydrogens is 739 g/mol. The number of carbonyl (C=O) groups is 6. The molecule has 1 aromatic heterocycles. The topological polar surface area (TPSA) is 228 Å². The third-order valence-corrected chi connectivity index (χ3v) is 9.70. The molecule has 2 heterocycles. The van der Waals surface area contributed by atoms with Gasteiger partial charge in [0.15, 0.2) is 0 Å². The lowest BCUT2D eigenvalue weighted by atomic mass is 10.0. The molecule has 306 valence electrons. The second-order valence-corrected chi connectivity index (χ2v) is 13.5. The quantitative estimate of drug-likeness (QED) is 0.0879. The molecule has 0 aliphatic carbocycles. The van der Waals surface area contributed by atoms with E-state index in [4.69, 9.17) is 15.6 Å². The molecule has 17 heteroatoms. The Morgan fingerprint density at radius 1 is 0.982 bits per heavy atom. The second-order valence-electron chi connectivity index (χ2n) is 13.5. The van der Waals surface area contributed by atoms with Crippen LogP contribution in [0, 0.1) is 19.7 Å². The molecular formula is C40H51FN8O8. The lowest BCUT2D eigenvalue weighted by Crippen LogP contribution is -2.53. The lowest BCUT2D eigenvalue weighted by molar-refractivity contribution is -0.137. The first kappa shape index (κ1) is 43.7. The summed E-state index contributed by atoms with van der Waals surface area (Å²) in [5, 5.41) is 19.8. The van der Waals surface area contributed by atoms with Gasteiger partial charge in [0.1, 0.15) is 17.6 Å². The molecule has 0 unspecified atom stereocenters. The summed E-state index contributed by atoms with van der Waals surface area (Å²) < 4.78 is 19.9. The predicted octanol–water partition coefficient (Wildman–Crippen LogP) is 2.83. The van der Waals surface area contributed by atoms with Crippen LogP contribution < -0.4 is 36.6 Å². The molecule has 16 nitrogen and oxygen atoms in total. The largest absolute Gasteiger partial charge is 0.497 e. The van der Waals surface area contributed by atoms with Gasteiger partial charge < -0.3 is 46.7 Å². The van der Waals surface area contributed by atoms with Gasteiger partial charge in [0, 0.05) is 49.6 Å². The molecule has 8 N–H and O–H groups in total. The number of methoxy groups -OCH3 is 1. The minimum atomic E-state index is -1.29. The van der Waals surface area contributed by atoms with E-state index in [-0.39, 0.29) is 55.1 Å². The van der Waals surface area contributed by atoms with Crippen molar-refractivity contribution in [1.29, 1.82) is 0 Å². The molecule has 0 bridgehead atoms. The number of rotatable bonds is 19. The lowest BCUT2D eigenvalue weighted by Gasteiger charge is -2.23. The average molecular weight is 791 g/mol. The number of anilines is 1. The summed E-state index contributed by atoms with van der Waals surface area (Å²) in [6, 6.07) is 7.04. The summed E-state index contributed by atoms with van der Waals surface area (Å²) in [6.45, 7) is 10.3. The minimum Gasteiger partial charge on any atom is -0.497 e. The fourth-order valence-corrected chi connectivity index (χ4v) is 6.38. The van der Waals surface area contributed by atoms with Crippen molar-refractivity contribution in [2.45, 2.75) is 65.6 Å². The van der Waals surface area contributed by atoms with Crippen LogP contribution in [0.3, 0.4) is 0 Å². The number of carbonyl (C=O) groups excluding carboxylic acids is 5. The first-order chi connectivity index (χ1) is 27.2. The third-order valence-electron chi connectivity index (χ3n) is 9.70. The van der Waals surface area contributed by atoms with Crippen LogP contribution in [0.25, 0.3) is 11.6 Å². The number of aryl methyl sites for hydroxylation is 1. The zero-order valence-corrected chi connectivity index (χ0v) is 32.8. The molecule has 2 aromatic carbocycles. The van der Waals surface area contributed by atoms with Gasteiger partial charge in [0.05, 0.1) is 30.0 Å². The number of nitrogens with two attached hydrogens (primary N) is 1. The Balaban J connectivity index is 1.57. The average Bonchev–Trinajstić information content (AvgIpc) is 3.63. The van der Waals surface area contributed by atoms with Crippen molar-refractivity contribution >= 4 is 53.0 Å². The number of amides is 6. The number of carboxylic acids is 1. The molecule has 1 aliphatic rings. The Morgan fingerprint density at radius 2 is 1.68 bits per heavy atom. The molecule has 4 rings (SSSR count). The van der Waals surface area contributed by atoms with Crippen LogP contribution in [-0.2, 0) is 25.7 Å². The number of H-pyrrole nitrogens is 1.